The number of anilines is 4. The molecule has 0 radical (unpaired) electrons. The van der Waals surface area contributed by atoms with E-state index in [2.05, 4.69) is 26.6 Å². The highest BCUT2D eigenvalue weighted by atomic mass is 16.5. The second kappa shape index (κ2) is 16.9. The van der Waals surface area contributed by atoms with Crippen LogP contribution in [0.4, 0.5) is 22.7 Å². The maximum absolute atomic E-state index is 13.1. The van der Waals surface area contributed by atoms with E-state index in [1.54, 1.807) is 0 Å². The van der Waals surface area contributed by atoms with Crippen molar-refractivity contribution in [1.29, 1.82) is 5.26 Å². The Morgan fingerprint density at radius 1 is 0.660 bits per heavy atom. The highest BCUT2D eigenvalue weighted by Gasteiger charge is 2.25. The minimum absolute atomic E-state index is 0.00944. The number of hydrogen-bond acceptors (Lipinski definition) is 11. The van der Waals surface area contributed by atoms with Gasteiger partial charge in [-0.25, -0.2) is 4.79 Å². The Morgan fingerprint density at radius 3 is 1.62 bits per heavy atom. The second-order valence-corrected chi connectivity index (χ2v) is 11.0. The number of nitriles is 1. The average molecular weight is 725 g/mol. The Labute approximate surface area is 301 Å². The number of amides is 5. The zero-order valence-electron chi connectivity index (χ0n) is 28.3. The average Bonchev–Trinajstić information content (AvgIpc) is 3.11. The summed E-state index contributed by atoms with van der Waals surface area (Å²) in [7, 11) is 2.36. The van der Waals surface area contributed by atoms with Gasteiger partial charge in [-0.1, -0.05) is 0 Å². The lowest BCUT2D eigenvalue weighted by atomic mass is 10.1. The summed E-state index contributed by atoms with van der Waals surface area (Å²) in [5.74, 6) is -6.51. The van der Waals surface area contributed by atoms with Gasteiger partial charge in [0.1, 0.15) is 11.6 Å². The molecule has 0 saturated heterocycles. The SMILES string of the molecule is COc1c(NC(=O)c2ccc(NC(=O)c3ccc(NC(=O)[C@H](CC#N)NC(=O)c4ccc(NC(C)=O)cc4)cc3)c(OC)c2O)ccc(C(=O)O)c1O. The number of carboxylic acids is 1. The predicted octanol–water partition coefficient (Wildman–Crippen LogP) is 3.93. The first kappa shape index (κ1) is 38.2. The van der Waals surface area contributed by atoms with Crippen LogP contribution in [-0.4, -0.2) is 71.1 Å². The predicted molar refractivity (Wildman–Crippen MR) is 189 cm³/mol. The number of hydrogen-bond donors (Lipinski definition) is 8. The van der Waals surface area contributed by atoms with Gasteiger partial charge in [0.05, 0.1) is 43.6 Å². The van der Waals surface area contributed by atoms with Crippen molar-refractivity contribution in [2.45, 2.75) is 19.4 Å². The molecule has 0 aliphatic rings. The van der Waals surface area contributed by atoms with Crippen LogP contribution in [-0.2, 0) is 9.59 Å². The molecule has 1 atom stereocenters. The molecule has 0 unspecified atom stereocenters. The number of carbonyl (C=O) groups excluding carboxylic acids is 5. The Morgan fingerprint density at radius 2 is 1.13 bits per heavy atom. The first-order chi connectivity index (χ1) is 25.3. The van der Waals surface area contributed by atoms with E-state index in [0.717, 1.165) is 13.2 Å². The van der Waals surface area contributed by atoms with Gasteiger partial charge in [-0.2, -0.15) is 5.26 Å². The van der Waals surface area contributed by atoms with Crippen molar-refractivity contribution in [3.05, 3.63) is 95.1 Å². The number of nitrogens with zero attached hydrogens (tertiary/aromatic N) is 1. The quantitative estimate of drug-likeness (QED) is 0.0975. The van der Waals surface area contributed by atoms with Crippen LogP contribution < -0.4 is 36.1 Å². The summed E-state index contributed by atoms with van der Waals surface area (Å²) in [4.78, 5) is 74.4. The highest BCUT2D eigenvalue weighted by molar-refractivity contribution is 6.10. The molecule has 272 valence electrons. The number of phenols is 2. The van der Waals surface area contributed by atoms with Crippen LogP contribution in [0.3, 0.4) is 0 Å². The summed E-state index contributed by atoms with van der Waals surface area (Å²) < 4.78 is 10.3. The molecule has 8 N–H and O–H groups in total. The maximum Gasteiger partial charge on any atom is 0.339 e. The number of rotatable bonds is 13. The van der Waals surface area contributed by atoms with E-state index in [9.17, 15) is 49.3 Å². The molecule has 4 rings (SSSR count). The lowest BCUT2D eigenvalue weighted by Crippen LogP contribution is -2.43. The Kier molecular flexibility index (Phi) is 12.2. The number of aromatic carboxylic acids is 1. The summed E-state index contributed by atoms with van der Waals surface area (Å²) in [6.07, 6.45) is -0.338. The van der Waals surface area contributed by atoms with Crippen molar-refractivity contribution in [3.63, 3.8) is 0 Å². The van der Waals surface area contributed by atoms with E-state index < -0.39 is 52.7 Å². The molecule has 0 aromatic heterocycles. The van der Waals surface area contributed by atoms with Gasteiger partial charge < -0.3 is 51.4 Å². The fourth-order valence-electron chi connectivity index (χ4n) is 4.88. The zero-order chi connectivity index (χ0) is 38.8. The van der Waals surface area contributed by atoms with Crippen molar-refractivity contribution >= 4 is 58.3 Å². The third kappa shape index (κ3) is 9.15. The van der Waals surface area contributed by atoms with Crippen LogP contribution >= 0.6 is 0 Å². The smallest absolute Gasteiger partial charge is 0.339 e. The number of methoxy groups -OCH3 is 2. The molecule has 0 fully saturated rings. The lowest BCUT2D eigenvalue weighted by molar-refractivity contribution is -0.118. The van der Waals surface area contributed by atoms with Crippen LogP contribution in [0, 0.1) is 11.3 Å². The van der Waals surface area contributed by atoms with E-state index >= 15 is 0 Å². The standard InChI is InChI=1S/C36H32N6O11/c1-18(43)38-21-8-4-20(5-9-21)33(47)42-27(16-17-37)35(49)39-22-10-6-19(7-11-22)32(46)40-25-14-12-23(28(44)30(25)52-2)34(48)41-26-15-13-24(36(50)51)29(45)31(26)53-3/h4-15,27,44-45H,16H2,1-3H3,(H,38,43)(H,39,49)(H,40,46)(H,41,48)(H,42,47)(H,50,51)/t27-/m0/s1. The Balaban J connectivity index is 1.42. The van der Waals surface area contributed by atoms with E-state index in [1.165, 1.54) is 80.8 Å². The summed E-state index contributed by atoms with van der Waals surface area (Å²) in [6.45, 7) is 1.34. The molecule has 0 spiro atoms. The molecule has 0 heterocycles. The van der Waals surface area contributed by atoms with Crippen molar-refractivity contribution in [3.8, 4) is 29.1 Å². The molecule has 0 aliphatic heterocycles. The minimum Gasteiger partial charge on any atom is -0.504 e. The van der Waals surface area contributed by atoms with Gasteiger partial charge in [-0.3, -0.25) is 24.0 Å². The van der Waals surface area contributed by atoms with Gasteiger partial charge in [0, 0.05) is 29.4 Å². The Bertz CT molecular complexity index is 2130. The van der Waals surface area contributed by atoms with Crippen LogP contribution in [0.5, 0.6) is 23.0 Å². The van der Waals surface area contributed by atoms with Crippen LogP contribution in [0.15, 0.2) is 72.8 Å². The van der Waals surface area contributed by atoms with E-state index in [4.69, 9.17) is 9.47 Å². The van der Waals surface area contributed by atoms with Gasteiger partial charge in [-0.15, -0.1) is 0 Å². The second-order valence-electron chi connectivity index (χ2n) is 11.0. The van der Waals surface area contributed by atoms with Gasteiger partial charge in [0.25, 0.3) is 17.7 Å². The molecule has 0 aliphatic carbocycles. The van der Waals surface area contributed by atoms with Gasteiger partial charge in [-0.05, 0) is 72.8 Å². The Hall–Kier alpha value is -7.61. The molecule has 4 aromatic carbocycles. The summed E-state index contributed by atoms with van der Waals surface area (Å²) in [5, 5.41) is 52.2. The molecular weight excluding hydrogens is 692 g/mol. The summed E-state index contributed by atoms with van der Waals surface area (Å²) in [5.41, 5.74) is 0.178. The lowest BCUT2D eigenvalue weighted by Gasteiger charge is -2.17. The summed E-state index contributed by atoms with van der Waals surface area (Å²) in [6, 6.07) is 16.9. The van der Waals surface area contributed by atoms with Crippen molar-refractivity contribution in [2.75, 3.05) is 35.5 Å². The normalized spacial score (nSPS) is 10.8. The third-order valence-corrected chi connectivity index (χ3v) is 7.44. The van der Waals surface area contributed by atoms with Gasteiger partial charge >= 0.3 is 5.97 Å². The van der Waals surface area contributed by atoms with E-state index in [1.807, 2.05) is 6.07 Å². The molecule has 0 bridgehead atoms. The molecule has 17 heteroatoms. The van der Waals surface area contributed by atoms with Crippen LogP contribution in [0.1, 0.15) is 54.8 Å². The monoisotopic (exact) mass is 724 g/mol. The molecule has 53 heavy (non-hydrogen) atoms. The summed E-state index contributed by atoms with van der Waals surface area (Å²) >= 11 is 0. The fourth-order valence-corrected chi connectivity index (χ4v) is 4.88. The minimum atomic E-state index is -1.42. The molecule has 4 aromatic rings. The fraction of sp³-hybridized carbons (Fsp3) is 0.139. The van der Waals surface area contributed by atoms with Crippen molar-refractivity contribution in [2.24, 2.45) is 0 Å². The number of phenolic OH excluding ortho intramolecular Hbond substituents is 1. The highest BCUT2D eigenvalue weighted by Crippen LogP contribution is 2.40. The topological polar surface area (TPSA) is 266 Å². The molecule has 5 amide bonds. The van der Waals surface area contributed by atoms with Crippen molar-refractivity contribution in [1.82, 2.24) is 5.32 Å². The first-order valence-corrected chi connectivity index (χ1v) is 15.4. The number of aromatic hydroxyl groups is 2. The number of carbonyl (C=O) groups is 6. The number of ether oxygens (including phenoxy) is 2. The zero-order valence-corrected chi connectivity index (χ0v) is 28.3. The van der Waals surface area contributed by atoms with Crippen LogP contribution in [0.2, 0.25) is 0 Å². The molecule has 17 nitrogen and oxygen atoms in total. The van der Waals surface area contributed by atoms with E-state index in [0.29, 0.717) is 5.69 Å². The molecular formula is C36H32N6O11. The number of carboxylic acid groups (broad SMARTS) is 1. The maximum atomic E-state index is 13.1. The first-order valence-electron chi connectivity index (χ1n) is 15.4. The van der Waals surface area contributed by atoms with Crippen LogP contribution in [0.25, 0.3) is 0 Å². The number of benzene rings is 4. The van der Waals surface area contributed by atoms with Crippen molar-refractivity contribution < 1.29 is 53.6 Å². The molecule has 0 saturated carbocycles. The van der Waals surface area contributed by atoms with E-state index in [-0.39, 0.29) is 57.6 Å². The number of nitrogens with one attached hydrogen (secondary N) is 5. The third-order valence-electron chi connectivity index (χ3n) is 7.44. The van der Waals surface area contributed by atoms with Gasteiger partial charge in [0.15, 0.2) is 23.0 Å². The van der Waals surface area contributed by atoms with Gasteiger partial charge in [0.2, 0.25) is 11.8 Å². The largest absolute Gasteiger partial charge is 0.504 e.